The molecule has 1 saturated heterocycles. The van der Waals surface area contributed by atoms with Gasteiger partial charge in [-0.05, 0) is 34.0 Å². The van der Waals surface area contributed by atoms with Crippen molar-refractivity contribution in [3.63, 3.8) is 0 Å². The Morgan fingerprint density at radius 1 is 0.963 bits per heavy atom. The Kier molecular flexibility index (Phi) is 3.26. The molecule has 1 N–H and O–H groups in total. The molecule has 1 unspecified atom stereocenters. The molecular weight excluding hydrogens is 332 g/mol. The van der Waals surface area contributed by atoms with Crippen LogP contribution in [-0.4, -0.2) is 18.1 Å². The van der Waals surface area contributed by atoms with Gasteiger partial charge in [0.25, 0.3) is 0 Å². The molecule has 0 aromatic heterocycles. The van der Waals surface area contributed by atoms with Gasteiger partial charge in [0.05, 0.1) is 6.54 Å². The number of anilines is 1. The van der Waals surface area contributed by atoms with Gasteiger partial charge in [-0.3, -0.25) is 4.79 Å². The molecule has 3 aromatic rings. The van der Waals surface area contributed by atoms with Gasteiger partial charge in [0.15, 0.2) is 0 Å². The number of hydrogen-bond donors (Lipinski definition) is 1. The second kappa shape index (κ2) is 5.46. The predicted octanol–water partition coefficient (Wildman–Crippen LogP) is 4.48. The van der Waals surface area contributed by atoms with Gasteiger partial charge in [0.2, 0.25) is 5.91 Å². The fraction of sp³-hybridized carbons (Fsp3) is 0.208. The summed E-state index contributed by atoms with van der Waals surface area (Å²) in [7, 11) is 0. The zero-order valence-corrected chi connectivity index (χ0v) is 15.6. The molecule has 134 valence electrons. The van der Waals surface area contributed by atoms with Gasteiger partial charge >= 0.3 is 0 Å². The minimum atomic E-state index is -0.551. The van der Waals surface area contributed by atoms with E-state index in [0.717, 1.165) is 11.3 Å². The number of benzene rings is 3. The van der Waals surface area contributed by atoms with E-state index in [4.69, 9.17) is 0 Å². The first-order valence-electron chi connectivity index (χ1n) is 9.38. The lowest BCUT2D eigenvalue weighted by atomic mass is 9.75. The average molecular weight is 354 g/mol. The van der Waals surface area contributed by atoms with Crippen LogP contribution in [0, 0.1) is 0 Å². The summed E-state index contributed by atoms with van der Waals surface area (Å²) in [6.07, 6.45) is 4.34. The first-order valence-corrected chi connectivity index (χ1v) is 9.38. The van der Waals surface area contributed by atoms with Crippen LogP contribution in [0.2, 0.25) is 0 Å². The topological polar surface area (TPSA) is 32.3 Å². The maximum atomic E-state index is 12.4. The number of hydrogen-bond acceptors (Lipinski definition) is 2. The summed E-state index contributed by atoms with van der Waals surface area (Å²) in [6.45, 7) is 4.82. The van der Waals surface area contributed by atoms with Crippen molar-refractivity contribution < 1.29 is 4.79 Å². The summed E-state index contributed by atoms with van der Waals surface area (Å²) in [5, 5.41) is 5.73. The molecule has 1 amide bonds. The molecule has 0 aliphatic carbocycles. The number of fused-ring (bicyclic) bond motifs is 4. The minimum absolute atomic E-state index is 0.0696. The van der Waals surface area contributed by atoms with Crippen LogP contribution in [0.5, 0.6) is 0 Å². The van der Waals surface area contributed by atoms with Crippen LogP contribution in [-0.2, 0) is 10.2 Å². The Morgan fingerprint density at radius 2 is 1.70 bits per heavy atom. The van der Waals surface area contributed by atoms with E-state index in [0.29, 0.717) is 6.54 Å². The van der Waals surface area contributed by atoms with Crippen molar-refractivity contribution in [3.8, 4) is 0 Å². The number of carbonyl (C=O) groups is 1. The highest BCUT2D eigenvalue weighted by atomic mass is 16.2. The number of nitrogens with zero attached hydrogens (tertiary/aromatic N) is 1. The van der Waals surface area contributed by atoms with Gasteiger partial charge in [-0.2, -0.15) is 0 Å². The third-order valence-electron chi connectivity index (χ3n) is 6.21. The molecule has 3 aromatic carbocycles. The lowest BCUT2D eigenvalue weighted by Gasteiger charge is -2.40. The van der Waals surface area contributed by atoms with Gasteiger partial charge in [-0.1, -0.05) is 80.6 Å². The second-order valence-corrected chi connectivity index (χ2v) is 7.94. The smallest absolute Gasteiger partial charge is 0.241 e. The van der Waals surface area contributed by atoms with E-state index >= 15 is 0 Å². The molecule has 2 aliphatic heterocycles. The number of rotatable bonds is 2. The zero-order valence-electron chi connectivity index (χ0n) is 15.6. The lowest BCUT2D eigenvalue weighted by Crippen LogP contribution is -2.58. The van der Waals surface area contributed by atoms with Crippen molar-refractivity contribution in [2.45, 2.75) is 24.9 Å². The number of carbonyl (C=O) groups excluding carboxylic acids is 1. The van der Waals surface area contributed by atoms with E-state index in [1.54, 1.807) is 0 Å². The normalized spacial score (nSPS) is 22.9. The molecule has 3 nitrogen and oxygen atoms in total. The molecule has 0 saturated carbocycles. The first kappa shape index (κ1) is 16.1. The maximum absolute atomic E-state index is 12.4. The molecule has 5 rings (SSSR count). The summed E-state index contributed by atoms with van der Waals surface area (Å²) in [4.78, 5) is 14.6. The molecule has 1 atom stereocenters. The Balaban J connectivity index is 1.67. The molecule has 0 spiro atoms. The summed E-state index contributed by atoms with van der Waals surface area (Å²) >= 11 is 0. The summed E-state index contributed by atoms with van der Waals surface area (Å²) < 4.78 is 0. The molecule has 3 heteroatoms. The molecule has 2 aliphatic rings. The van der Waals surface area contributed by atoms with Crippen molar-refractivity contribution in [3.05, 3.63) is 83.9 Å². The zero-order chi connectivity index (χ0) is 18.6. The molecule has 1 fully saturated rings. The van der Waals surface area contributed by atoms with E-state index in [1.807, 2.05) is 6.07 Å². The van der Waals surface area contributed by atoms with Crippen LogP contribution in [0.1, 0.15) is 25.0 Å². The highest BCUT2D eigenvalue weighted by Crippen LogP contribution is 2.52. The lowest BCUT2D eigenvalue weighted by molar-refractivity contribution is -0.118. The van der Waals surface area contributed by atoms with E-state index in [1.165, 1.54) is 16.3 Å². The SMILES string of the molecule is CC1(C)c2ccccc2N2CC(=O)NC21/C=C/c1cccc2ccccc12. The number of para-hydroxylation sites is 1. The van der Waals surface area contributed by atoms with Crippen molar-refractivity contribution in [2.24, 2.45) is 0 Å². The molecule has 0 bridgehead atoms. The third-order valence-corrected chi connectivity index (χ3v) is 6.21. The van der Waals surface area contributed by atoms with E-state index < -0.39 is 5.66 Å². The van der Waals surface area contributed by atoms with Crippen LogP contribution in [0.15, 0.2) is 72.8 Å². The quantitative estimate of drug-likeness (QED) is 0.736. The third kappa shape index (κ3) is 2.11. The van der Waals surface area contributed by atoms with Gasteiger partial charge < -0.3 is 10.2 Å². The Labute approximate surface area is 159 Å². The van der Waals surface area contributed by atoms with Crippen LogP contribution < -0.4 is 10.2 Å². The van der Waals surface area contributed by atoms with Gasteiger partial charge in [-0.25, -0.2) is 0 Å². The number of nitrogens with one attached hydrogen (secondary N) is 1. The van der Waals surface area contributed by atoms with Crippen molar-refractivity contribution >= 4 is 28.4 Å². The van der Waals surface area contributed by atoms with Gasteiger partial charge in [0.1, 0.15) is 5.66 Å². The largest absolute Gasteiger partial charge is 0.335 e. The predicted molar refractivity (Wildman–Crippen MR) is 111 cm³/mol. The van der Waals surface area contributed by atoms with Crippen LogP contribution in [0.4, 0.5) is 5.69 Å². The van der Waals surface area contributed by atoms with Crippen molar-refractivity contribution in [1.82, 2.24) is 5.32 Å². The van der Waals surface area contributed by atoms with Gasteiger partial charge in [0, 0.05) is 11.1 Å². The molecule has 0 radical (unpaired) electrons. The fourth-order valence-electron chi connectivity index (χ4n) is 4.75. The number of amides is 1. The highest BCUT2D eigenvalue weighted by Gasteiger charge is 2.59. The fourth-order valence-corrected chi connectivity index (χ4v) is 4.75. The summed E-state index contributed by atoms with van der Waals surface area (Å²) in [5.74, 6) is 0.0696. The minimum Gasteiger partial charge on any atom is -0.335 e. The van der Waals surface area contributed by atoms with E-state index in [2.05, 4.69) is 96.9 Å². The molecular formula is C24H22N2O. The van der Waals surface area contributed by atoms with Crippen LogP contribution in [0.3, 0.4) is 0 Å². The summed E-state index contributed by atoms with van der Waals surface area (Å²) in [6, 6.07) is 23.2. The second-order valence-electron chi connectivity index (χ2n) is 7.94. The Bertz CT molecular complexity index is 1090. The van der Waals surface area contributed by atoms with Crippen LogP contribution >= 0.6 is 0 Å². The Morgan fingerprint density at radius 3 is 2.59 bits per heavy atom. The van der Waals surface area contributed by atoms with E-state index in [9.17, 15) is 4.79 Å². The maximum Gasteiger partial charge on any atom is 0.241 e. The van der Waals surface area contributed by atoms with Crippen LogP contribution in [0.25, 0.3) is 16.8 Å². The van der Waals surface area contributed by atoms with Gasteiger partial charge in [-0.15, -0.1) is 0 Å². The molecule has 27 heavy (non-hydrogen) atoms. The Hall–Kier alpha value is -3.07. The van der Waals surface area contributed by atoms with Crippen molar-refractivity contribution in [2.75, 3.05) is 11.4 Å². The summed E-state index contributed by atoms with van der Waals surface area (Å²) in [5.41, 5.74) is 2.79. The standard InChI is InChI=1S/C24H22N2O/c1-23(2)20-12-5-6-13-21(20)26-16-22(27)25-24(23,26)15-14-18-10-7-9-17-8-3-4-11-19(17)18/h3-15H,16H2,1-2H3,(H,25,27)/b15-14+. The first-order chi connectivity index (χ1) is 13.0. The monoisotopic (exact) mass is 354 g/mol. The molecule has 2 heterocycles. The van der Waals surface area contributed by atoms with Crippen molar-refractivity contribution in [1.29, 1.82) is 0 Å². The average Bonchev–Trinajstić information content (AvgIpc) is 3.11. The highest BCUT2D eigenvalue weighted by molar-refractivity contribution is 5.93. The van der Waals surface area contributed by atoms with E-state index in [-0.39, 0.29) is 11.3 Å².